The molecule has 8 heteroatoms. The smallest absolute Gasteiger partial charge is 0.381 e. The molecule has 0 aliphatic carbocycles. The first kappa shape index (κ1) is 20.6. The van der Waals surface area contributed by atoms with Crippen LogP contribution in [0.25, 0.3) is 0 Å². The minimum absolute atomic E-state index is 0.0424. The Morgan fingerprint density at radius 1 is 1.14 bits per heavy atom. The summed E-state index contributed by atoms with van der Waals surface area (Å²) in [5.41, 5.74) is 0.990. The molecule has 1 aromatic rings. The molecule has 1 atom stereocenters. The van der Waals surface area contributed by atoms with Crippen molar-refractivity contribution in [3.63, 3.8) is 0 Å². The summed E-state index contributed by atoms with van der Waals surface area (Å²) in [5, 5.41) is 3.12. The lowest BCUT2D eigenvalue weighted by atomic mass is 9.97. The lowest BCUT2D eigenvalue weighted by Crippen LogP contribution is -2.45. The van der Waals surface area contributed by atoms with Gasteiger partial charge in [0.05, 0.1) is 12.1 Å². The van der Waals surface area contributed by atoms with Crippen molar-refractivity contribution in [3.05, 3.63) is 34.9 Å². The van der Waals surface area contributed by atoms with Gasteiger partial charge >= 0.3 is 6.18 Å². The highest BCUT2D eigenvalue weighted by molar-refractivity contribution is 5.78. The van der Waals surface area contributed by atoms with Gasteiger partial charge in [-0.3, -0.25) is 14.6 Å². The van der Waals surface area contributed by atoms with E-state index in [0.717, 1.165) is 57.2 Å². The molecule has 0 aromatic heterocycles. The number of nitrogens with zero attached hydrogens (tertiary/aromatic N) is 2. The maximum Gasteiger partial charge on any atom is 0.416 e. The van der Waals surface area contributed by atoms with Gasteiger partial charge in [-0.2, -0.15) is 13.2 Å². The van der Waals surface area contributed by atoms with Crippen molar-refractivity contribution in [2.24, 2.45) is 0 Å². The average molecular weight is 411 g/mol. The number of benzene rings is 1. The van der Waals surface area contributed by atoms with Crippen LogP contribution in [0, 0.1) is 0 Å². The third-order valence-corrected chi connectivity index (χ3v) is 6.28. The van der Waals surface area contributed by atoms with Crippen LogP contribution in [0.5, 0.6) is 0 Å². The van der Waals surface area contributed by atoms with Gasteiger partial charge in [-0.1, -0.05) is 6.07 Å². The highest BCUT2D eigenvalue weighted by atomic mass is 19.4. The van der Waals surface area contributed by atoms with E-state index in [1.165, 1.54) is 6.07 Å². The molecule has 1 amide bonds. The van der Waals surface area contributed by atoms with E-state index in [1.807, 2.05) is 4.90 Å². The number of hydrogen-bond acceptors (Lipinski definition) is 4. The van der Waals surface area contributed by atoms with Crippen molar-refractivity contribution in [3.8, 4) is 0 Å². The molecular weight excluding hydrogens is 383 g/mol. The molecule has 0 radical (unpaired) electrons. The fraction of sp³-hybridized carbons (Fsp3) is 0.667. The maximum atomic E-state index is 13.0. The van der Waals surface area contributed by atoms with E-state index in [-0.39, 0.29) is 18.5 Å². The number of fused-ring (bicyclic) bond motifs is 1. The Bertz CT molecular complexity index is 734. The number of likely N-dealkylation sites (tertiary alicyclic amines) is 1. The molecule has 2 fully saturated rings. The zero-order valence-corrected chi connectivity index (χ0v) is 16.5. The van der Waals surface area contributed by atoms with E-state index in [9.17, 15) is 18.0 Å². The molecule has 160 valence electrons. The molecule has 0 spiro atoms. The second-order valence-electron chi connectivity index (χ2n) is 8.33. The molecule has 0 saturated carbocycles. The minimum atomic E-state index is -4.34. The summed E-state index contributed by atoms with van der Waals surface area (Å²) in [7, 11) is 0. The number of hydrogen-bond donors (Lipinski definition) is 1. The topological polar surface area (TPSA) is 44.8 Å². The molecule has 5 nitrogen and oxygen atoms in total. The number of alkyl halides is 3. The van der Waals surface area contributed by atoms with Crippen LogP contribution in [-0.2, 0) is 28.7 Å². The van der Waals surface area contributed by atoms with Crippen LogP contribution in [0.4, 0.5) is 13.2 Å². The van der Waals surface area contributed by atoms with Crippen LogP contribution in [0.1, 0.15) is 36.0 Å². The third-order valence-electron chi connectivity index (χ3n) is 6.28. The first-order chi connectivity index (χ1) is 13.9. The highest BCUT2D eigenvalue weighted by Crippen LogP contribution is 2.32. The molecule has 3 aliphatic heterocycles. The molecule has 2 saturated heterocycles. The number of rotatable bonds is 4. The second-order valence-corrected chi connectivity index (χ2v) is 8.33. The maximum absolute atomic E-state index is 13.0. The molecule has 29 heavy (non-hydrogen) atoms. The zero-order chi connectivity index (χ0) is 20.4. The Morgan fingerprint density at radius 3 is 2.69 bits per heavy atom. The van der Waals surface area contributed by atoms with E-state index in [2.05, 4.69) is 10.2 Å². The summed E-state index contributed by atoms with van der Waals surface area (Å²) >= 11 is 0. The molecule has 1 aromatic carbocycles. The van der Waals surface area contributed by atoms with E-state index >= 15 is 0 Å². The predicted molar refractivity (Wildman–Crippen MR) is 102 cm³/mol. The van der Waals surface area contributed by atoms with Crippen LogP contribution in [0.2, 0.25) is 0 Å². The van der Waals surface area contributed by atoms with Crippen LogP contribution in [0.15, 0.2) is 18.2 Å². The standard InChI is InChI=1S/C21H28F3N3O2/c22-21(23,24)17-2-1-15-3-7-26(12-16(15)11-17)14-20(28)25-18-4-8-27(13-18)19-5-9-29-10-6-19/h1-2,11,18-19H,3-10,12-14H2,(H,25,28). The lowest BCUT2D eigenvalue weighted by molar-refractivity contribution is -0.137. The summed E-state index contributed by atoms with van der Waals surface area (Å²) in [5.74, 6) is -0.0424. The van der Waals surface area contributed by atoms with Crippen LogP contribution in [-0.4, -0.2) is 67.2 Å². The van der Waals surface area contributed by atoms with E-state index < -0.39 is 11.7 Å². The zero-order valence-electron chi connectivity index (χ0n) is 16.5. The Labute approximate surface area is 169 Å². The van der Waals surface area contributed by atoms with Gasteiger partial charge in [0.2, 0.25) is 5.91 Å². The van der Waals surface area contributed by atoms with Gasteiger partial charge in [0.25, 0.3) is 0 Å². The number of ether oxygens (including phenoxy) is 1. The Hall–Kier alpha value is -1.64. The van der Waals surface area contributed by atoms with Gasteiger partial charge in [-0.15, -0.1) is 0 Å². The number of nitrogens with one attached hydrogen (secondary N) is 1. The quantitative estimate of drug-likeness (QED) is 0.827. The minimum Gasteiger partial charge on any atom is -0.381 e. The summed E-state index contributed by atoms with van der Waals surface area (Å²) in [6.07, 6.45) is -0.627. The first-order valence-corrected chi connectivity index (χ1v) is 10.4. The summed E-state index contributed by atoms with van der Waals surface area (Å²) < 4.78 is 44.3. The molecule has 4 rings (SSSR count). The van der Waals surface area contributed by atoms with Crippen molar-refractivity contribution in [2.75, 3.05) is 39.4 Å². The summed E-state index contributed by atoms with van der Waals surface area (Å²) in [6.45, 7) is 4.77. The van der Waals surface area contributed by atoms with Crippen molar-refractivity contribution in [1.29, 1.82) is 0 Å². The van der Waals surface area contributed by atoms with Gasteiger partial charge in [0.15, 0.2) is 0 Å². The monoisotopic (exact) mass is 411 g/mol. The summed E-state index contributed by atoms with van der Waals surface area (Å²) in [6, 6.07) is 4.64. The van der Waals surface area contributed by atoms with Crippen LogP contribution < -0.4 is 5.32 Å². The van der Waals surface area contributed by atoms with Crippen molar-refractivity contribution >= 4 is 5.91 Å². The first-order valence-electron chi connectivity index (χ1n) is 10.4. The molecule has 0 bridgehead atoms. The van der Waals surface area contributed by atoms with E-state index in [1.54, 1.807) is 6.07 Å². The molecule has 1 N–H and O–H groups in total. The number of amides is 1. The van der Waals surface area contributed by atoms with Gasteiger partial charge in [0, 0.05) is 51.5 Å². The molecule has 3 aliphatic rings. The molecular formula is C21H28F3N3O2. The Kier molecular flexibility index (Phi) is 6.13. The number of halogens is 3. The summed E-state index contributed by atoms with van der Waals surface area (Å²) in [4.78, 5) is 16.9. The number of carbonyl (C=O) groups excluding carboxylic acids is 1. The van der Waals surface area contributed by atoms with Crippen molar-refractivity contribution in [1.82, 2.24) is 15.1 Å². The fourth-order valence-corrected chi connectivity index (χ4v) is 4.69. The van der Waals surface area contributed by atoms with E-state index in [0.29, 0.717) is 31.1 Å². The Balaban J connectivity index is 1.27. The normalized spacial score (nSPS) is 24.4. The SMILES string of the molecule is O=C(CN1CCc2ccc(C(F)(F)F)cc2C1)NC1CCN(C2CCOCC2)C1. The second kappa shape index (κ2) is 8.62. The third kappa shape index (κ3) is 5.10. The highest BCUT2D eigenvalue weighted by Gasteiger charge is 2.33. The average Bonchev–Trinajstić information content (AvgIpc) is 3.15. The fourth-order valence-electron chi connectivity index (χ4n) is 4.69. The van der Waals surface area contributed by atoms with Gasteiger partial charge in [-0.05, 0) is 48.9 Å². The van der Waals surface area contributed by atoms with Crippen molar-refractivity contribution < 1.29 is 22.7 Å². The lowest BCUT2D eigenvalue weighted by Gasteiger charge is -2.31. The van der Waals surface area contributed by atoms with Crippen molar-refractivity contribution in [2.45, 2.75) is 50.5 Å². The van der Waals surface area contributed by atoms with Gasteiger partial charge in [0.1, 0.15) is 0 Å². The van der Waals surface area contributed by atoms with Crippen LogP contribution in [0.3, 0.4) is 0 Å². The molecule has 3 heterocycles. The van der Waals surface area contributed by atoms with E-state index in [4.69, 9.17) is 4.74 Å². The number of carbonyl (C=O) groups is 1. The van der Waals surface area contributed by atoms with Crippen LogP contribution >= 0.6 is 0 Å². The largest absolute Gasteiger partial charge is 0.416 e. The van der Waals surface area contributed by atoms with Gasteiger partial charge in [-0.25, -0.2) is 0 Å². The van der Waals surface area contributed by atoms with Gasteiger partial charge < -0.3 is 10.1 Å². The predicted octanol–water partition coefficient (Wildman–Crippen LogP) is 2.43. The Morgan fingerprint density at radius 2 is 1.93 bits per heavy atom. The molecule has 1 unspecified atom stereocenters.